The number of hydrogen-bond donors (Lipinski definition) is 1. The maximum Gasteiger partial charge on any atom is 0.0175 e. The molecule has 2 atom stereocenters. The largest absolute Gasteiger partial charge is 0.388 e. The second-order valence-corrected chi connectivity index (χ2v) is 2.67. The van der Waals surface area contributed by atoms with Crippen molar-refractivity contribution in [3.63, 3.8) is 0 Å². The third kappa shape index (κ3) is 2.05. The lowest BCUT2D eigenvalue weighted by Crippen LogP contribution is -2.04. The third-order valence-corrected chi connectivity index (χ3v) is 2.05. The molecule has 0 aliphatic carbocycles. The molecule has 1 heterocycles. The van der Waals surface area contributed by atoms with Gasteiger partial charge >= 0.3 is 0 Å². The van der Waals surface area contributed by atoms with E-state index in [1.165, 1.54) is 5.70 Å². The van der Waals surface area contributed by atoms with E-state index in [0.29, 0.717) is 5.92 Å². The summed E-state index contributed by atoms with van der Waals surface area (Å²) in [6, 6.07) is 0. The van der Waals surface area contributed by atoms with Crippen molar-refractivity contribution in [1.82, 2.24) is 5.32 Å². The summed E-state index contributed by atoms with van der Waals surface area (Å²) in [5, 5.41) is 3.22. The molecule has 10 heavy (non-hydrogen) atoms. The van der Waals surface area contributed by atoms with Gasteiger partial charge in [-0.2, -0.15) is 0 Å². The molecule has 1 rings (SSSR count). The van der Waals surface area contributed by atoms with Crippen LogP contribution in [0, 0.1) is 11.8 Å². The Bertz CT molecular complexity index is 107. The molecular weight excluding hydrogens is 122 g/mol. The van der Waals surface area contributed by atoms with E-state index in [-0.39, 0.29) is 0 Å². The Hall–Kier alpha value is -0.460. The maximum atomic E-state index is 3.87. The first-order valence-electron chi connectivity index (χ1n) is 4.14. The third-order valence-electron chi connectivity index (χ3n) is 2.05. The molecule has 1 nitrogen and oxygen atoms in total. The molecule has 0 aromatic heterocycles. The van der Waals surface area contributed by atoms with Crippen LogP contribution in [0.3, 0.4) is 0 Å². The van der Waals surface area contributed by atoms with E-state index in [9.17, 15) is 0 Å². The lowest BCUT2D eigenvalue weighted by atomic mass is 9.99. The fourth-order valence-corrected chi connectivity index (χ4v) is 0.973. The van der Waals surface area contributed by atoms with Crippen LogP contribution in [0.5, 0.6) is 0 Å². The summed E-state index contributed by atoms with van der Waals surface area (Å²) >= 11 is 0. The summed E-state index contributed by atoms with van der Waals surface area (Å²) in [6.45, 7) is 13.4. The zero-order valence-corrected chi connectivity index (χ0v) is 7.57. The number of allylic oxidation sites excluding steroid dienone is 1. The molecule has 0 amide bonds. The highest BCUT2D eigenvalue weighted by molar-refractivity contribution is 5.04. The van der Waals surface area contributed by atoms with Crippen LogP contribution in [-0.2, 0) is 0 Å². The van der Waals surface area contributed by atoms with Crippen molar-refractivity contribution in [2.24, 2.45) is 11.8 Å². The molecule has 0 aromatic carbocycles. The van der Waals surface area contributed by atoms with E-state index in [1.807, 2.05) is 13.8 Å². The predicted molar refractivity (Wildman–Crippen MR) is 46.8 cm³/mol. The molecule has 0 bridgehead atoms. The zero-order valence-electron chi connectivity index (χ0n) is 7.57. The van der Waals surface area contributed by atoms with Crippen molar-refractivity contribution in [3.8, 4) is 0 Å². The first-order valence-corrected chi connectivity index (χ1v) is 4.14. The molecule has 1 fully saturated rings. The van der Waals surface area contributed by atoms with Gasteiger partial charge in [-0.05, 0) is 11.8 Å². The highest BCUT2D eigenvalue weighted by Crippen LogP contribution is 2.21. The van der Waals surface area contributed by atoms with Gasteiger partial charge in [0.2, 0.25) is 0 Å². The second kappa shape index (κ2) is 4.37. The van der Waals surface area contributed by atoms with Crippen molar-refractivity contribution in [3.05, 3.63) is 12.3 Å². The van der Waals surface area contributed by atoms with Crippen molar-refractivity contribution in [1.29, 1.82) is 0 Å². The normalized spacial score (nSPS) is 30.6. The van der Waals surface area contributed by atoms with Gasteiger partial charge in [0, 0.05) is 12.2 Å². The van der Waals surface area contributed by atoms with E-state index >= 15 is 0 Å². The molecule has 2 unspecified atom stereocenters. The minimum Gasteiger partial charge on any atom is -0.388 e. The number of nitrogens with one attached hydrogen (secondary N) is 1. The highest BCUT2D eigenvalue weighted by Gasteiger charge is 2.21. The average Bonchev–Trinajstić information content (AvgIpc) is 2.25. The van der Waals surface area contributed by atoms with E-state index in [0.717, 1.165) is 12.5 Å². The Balaban J connectivity index is 0.000000371. The van der Waals surface area contributed by atoms with Crippen molar-refractivity contribution in [2.75, 3.05) is 6.54 Å². The molecule has 1 saturated heterocycles. The van der Waals surface area contributed by atoms with E-state index < -0.39 is 0 Å². The molecule has 60 valence electrons. The monoisotopic (exact) mass is 141 g/mol. The standard InChI is InChI=1S/C7H13N.C2H6/c1-5-4-8-7(3)6(5)2;1-2/h5-6,8H,3-4H2,1-2H3;1-2H3. The van der Waals surface area contributed by atoms with Gasteiger partial charge in [0.1, 0.15) is 0 Å². The summed E-state index contributed by atoms with van der Waals surface area (Å²) in [7, 11) is 0. The summed E-state index contributed by atoms with van der Waals surface area (Å²) < 4.78 is 0. The lowest BCUT2D eigenvalue weighted by Gasteiger charge is -2.04. The van der Waals surface area contributed by atoms with Crippen LogP contribution in [-0.4, -0.2) is 6.54 Å². The number of rotatable bonds is 0. The molecule has 0 aromatic rings. The van der Waals surface area contributed by atoms with Gasteiger partial charge in [0.25, 0.3) is 0 Å². The van der Waals surface area contributed by atoms with E-state index in [4.69, 9.17) is 0 Å². The fourth-order valence-electron chi connectivity index (χ4n) is 0.973. The summed E-state index contributed by atoms with van der Waals surface area (Å²) in [4.78, 5) is 0. The van der Waals surface area contributed by atoms with Crippen LogP contribution in [0.25, 0.3) is 0 Å². The molecule has 0 radical (unpaired) electrons. The van der Waals surface area contributed by atoms with Gasteiger partial charge in [-0.15, -0.1) is 0 Å². The SMILES string of the molecule is C=C1NCC(C)C1C.CC. The molecular formula is C9H19N. The summed E-state index contributed by atoms with van der Waals surface area (Å²) in [5.74, 6) is 1.46. The molecule has 1 aliphatic heterocycles. The Morgan fingerprint density at radius 2 is 1.90 bits per heavy atom. The van der Waals surface area contributed by atoms with Crippen LogP contribution >= 0.6 is 0 Å². The van der Waals surface area contributed by atoms with Crippen molar-refractivity contribution in [2.45, 2.75) is 27.7 Å². The summed E-state index contributed by atoms with van der Waals surface area (Å²) in [5.41, 5.74) is 1.21. The topological polar surface area (TPSA) is 12.0 Å². The van der Waals surface area contributed by atoms with Gasteiger partial charge in [-0.3, -0.25) is 0 Å². The van der Waals surface area contributed by atoms with E-state index in [2.05, 4.69) is 25.7 Å². The second-order valence-electron chi connectivity index (χ2n) is 2.67. The van der Waals surface area contributed by atoms with Crippen molar-refractivity contribution < 1.29 is 0 Å². The van der Waals surface area contributed by atoms with Gasteiger partial charge < -0.3 is 5.32 Å². The molecule has 0 spiro atoms. The first-order chi connectivity index (χ1) is 4.72. The molecule has 0 saturated carbocycles. The van der Waals surface area contributed by atoms with Crippen LogP contribution < -0.4 is 5.32 Å². The van der Waals surface area contributed by atoms with Gasteiger partial charge in [-0.25, -0.2) is 0 Å². The zero-order chi connectivity index (χ0) is 8.15. The molecule has 1 aliphatic rings. The quantitative estimate of drug-likeness (QED) is 0.546. The minimum atomic E-state index is 0.676. The van der Waals surface area contributed by atoms with Crippen molar-refractivity contribution >= 4 is 0 Å². The highest BCUT2D eigenvalue weighted by atomic mass is 14.9. The lowest BCUT2D eigenvalue weighted by molar-refractivity contribution is 0.519. The minimum absolute atomic E-state index is 0.676. The Morgan fingerprint density at radius 3 is 2.00 bits per heavy atom. The van der Waals surface area contributed by atoms with Gasteiger partial charge in [0.15, 0.2) is 0 Å². The van der Waals surface area contributed by atoms with E-state index in [1.54, 1.807) is 0 Å². The first kappa shape index (κ1) is 9.54. The van der Waals surface area contributed by atoms with Crippen LogP contribution in [0.2, 0.25) is 0 Å². The Kier molecular flexibility index (Phi) is 4.17. The summed E-state index contributed by atoms with van der Waals surface area (Å²) in [6.07, 6.45) is 0. The van der Waals surface area contributed by atoms with Crippen LogP contribution in [0.1, 0.15) is 27.7 Å². The maximum absolute atomic E-state index is 3.87. The molecule has 1 heteroatoms. The average molecular weight is 141 g/mol. The van der Waals surface area contributed by atoms with Gasteiger partial charge in [0.05, 0.1) is 0 Å². The predicted octanol–water partition coefficient (Wildman–Crippen LogP) is 2.40. The molecule has 1 N–H and O–H groups in total. The number of hydrogen-bond acceptors (Lipinski definition) is 1. The van der Waals surface area contributed by atoms with Crippen LogP contribution in [0.15, 0.2) is 12.3 Å². The Morgan fingerprint density at radius 1 is 1.40 bits per heavy atom. The van der Waals surface area contributed by atoms with Crippen LogP contribution in [0.4, 0.5) is 0 Å². The Labute approximate surface area is 64.5 Å². The smallest absolute Gasteiger partial charge is 0.0175 e. The van der Waals surface area contributed by atoms with Gasteiger partial charge in [-0.1, -0.05) is 34.3 Å². The fraction of sp³-hybridized carbons (Fsp3) is 0.778.